The molecule has 1 saturated heterocycles. The molecule has 1 N–H and O–H groups in total. The molecule has 2 aliphatic heterocycles. The lowest BCUT2D eigenvalue weighted by atomic mass is 9.92. The maximum atomic E-state index is 13.9. The zero-order valence-electron chi connectivity index (χ0n) is 22.1. The zero-order valence-corrected chi connectivity index (χ0v) is 22.1. The minimum atomic E-state index is -5.05. The maximum Gasteiger partial charge on any atom is 0.416 e. The molecule has 0 radical (unpaired) electrons. The number of rotatable bonds is 4. The van der Waals surface area contributed by atoms with Gasteiger partial charge in [-0.25, -0.2) is 9.97 Å². The molecule has 4 aromatic rings. The van der Waals surface area contributed by atoms with E-state index in [9.17, 15) is 31.1 Å². The first kappa shape index (κ1) is 27.8. The highest BCUT2D eigenvalue weighted by Crippen LogP contribution is 2.38. The van der Waals surface area contributed by atoms with Gasteiger partial charge in [0.1, 0.15) is 0 Å². The third-order valence-corrected chi connectivity index (χ3v) is 7.89. The highest BCUT2D eigenvalue weighted by molar-refractivity contribution is 5.95. The Morgan fingerprint density at radius 3 is 2.31 bits per heavy atom. The van der Waals surface area contributed by atoms with E-state index in [1.54, 1.807) is 18.5 Å². The van der Waals surface area contributed by atoms with E-state index in [1.807, 2.05) is 36.7 Å². The second kappa shape index (κ2) is 10.5. The number of halogens is 6. The topological polar surface area (TPSA) is 65.1 Å². The summed E-state index contributed by atoms with van der Waals surface area (Å²) < 4.78 is 81.6. The first-order valence-corrected chi connectivity index (χ1v) is 13.4. The average Bonchev–Trinajstić information content (AvgIpc) is 3.38. The number of fused-ring (bicyclic) bond motifs is 2. The summed E-state index contributed by atoms with van der Waals surface area (Å²) in [5.74, 6) is -0.274. The molecule has 0 bridgehead atoms. The Balaban J connectivity index is 1.38. The quantitative estimate of drug-likeness (QED) is 0.275. The van der Waals surface area contributed by atoms with Crippen LogP contribution in [-0.4, -0.2) is 55.8 Å². The molecule has 2 aromatic heterocycles. The molecule has 2 aromatic carbocycles. The van der Waals surface area contributed by atoms with Gasteiger partial charge in [-0.15, -0.1) is 0 Å². The summed E-state index contributed by atoms with van der Waals surface area (Å²) in [6, 6.07) is 9.65. The summed E-state index contributed by atoms with van der Waals surface area (Å²) >= 11 is 0. The van der Waals surface area contributed by atoms with Gasteiger partial charge in [-0.05, 0) is 55.2 Å². The number of para-hydroxylation sites is 1. The second-order valence-corrected chi connectivity index (χ2v) is 10.6. The van der Waals surface area contributed by atoms with E-state index in [0.717, 1.165) is 22.0 Å². The smallest absolute Gasteiger partial charge is 0.370 e. The van der Waals surface area contributed by atoms with Gasteiger partial charge >= 0.3 is 12.4 Å². The van der Waals surface area contributed by atoms with Gasteiger partial charge in [0.25, 0.3) is 5.91 Å². The van der Waals surface area contributed by atoms with E-state index in [0.29, 0.717) is 43.8 Å². The van der Waals surface area contributed by atoms with Crippen LogP contribution >= 0.6 is 0 Å². The lowest BCUT2D eigenvalue weighted by Gasteiger charge is -2.48. The fourth-order valence-electron chi connectivity index (χ4n) is 5.83. The number of aromatic amines is 1. The number of benzene rings is 2. The van der Waals surface area contributed by atoms with E-state index in [1.165, 1.54) is 4.90 Å². The minimum Gasteiger partial charge on any atom is -0.370 e. The largest absolute Gasteiger partial charge is 0.416 e. The number of allylic oxidation sites excluding steroid dienone is 1. The Morgan fingerprint density at radius 1 is 0.929 bits per heavy atom. The Morgan fingerprint density at radius 2 is 1.62 bits per heavy atom. The summed E-state index contributed by atoms with van der Waals surface area (Å²) in [6.07, 6.45) is -1.46. The fraction of sp³-hybridized carbons (Fsp3) is 0.300. The van der Waals surface area contributed by atoms with E-state index < -0.39 is 41.0 Å². The van der Waals surface area contributed by atoms with Crippen molar-refractivity contribution >= 4 is 22.4 Å². The number of aromatic nitrogens is 3. The zero-order chi connectivity index (χ0) is 29.6. The van der Waals surface area contributed by atoms with Crippen molar-refractivity contribution in [2.75, 3.05) is 13.1 Å². The van der Waals surface area contributed by atoms with E-state index in [2.05, 4.69) is 19.9 Å². The summed E-state index contributed by atoms with van der Waals surface area (Å²) in [4.78, 5) is 29.2. The third kappa shape index (κ3) is 5.45. The Labute approximate surface area is 236 Å². The van der Waals surface area contributed by atoms with Crippen LogP contribution in [0.3, 0.4) is 0 Å². The lowest BCUT2D eigenvalue weighted by molar-refractivity contribution is -0.143. The molecule has 6 rings (SSSR count). The first-order chi connectivity index (χ1) is 20.0. The molecule has 4 heterocycles. The van der Waals surface area contributed by atoms with Gasteiger partial charge in [-0.1, -0.05) is 18.2 Å². The van der Waals surface area contributed by atoms with Crippen molar-refractivity contribution in [1.82, 2.24) is 24.8 Å². The molecular formula is C30H25F6N5O. The Bertz CT molecular complexity index is 1610. The number of nitrogens with zero attached hydrogens (tertiary/aromatic N) is 4. The highest BCUT2D eigenvalue weighted by Gasteiger charge is 2.41. The van der Waals surface area contributed by atoms with Crippen LogP contribution in [0.15, 0.2) is 73.3 Å². The maximum absolute atomic E-state index is 13.9. The summed E-state index contributed by atoms with van der Waals surface area (Å²) in [7, 11) is 0. The summed E-state index contributed by atoms with van der Waals surface area (Å²) in [6.45, 7) is 0.472. The third-order valence-electron chi connectivity index (χ3n) is 7.89. The molecule has 0 spiro atoms. The van der Waals surface area contributed by atoms with Crippen LogP contribution in [0.2, 0.25) is 0 Å². The number of nitrogens with one attached hydrogen (secondary N) is 1. The average molecular weight is 586 g/mol. The fourth-order valence-corrected chi connectivity index (χ4v) is 5.83. The van der Waals surface area contributed by atoms with E-state index in [4.69, 9.17) is 0 Å². The van der Waals surface area contributed by atoms with Gasteiger partial charge in [0.05, 0.1) is 17.2 Å². The van der Waals surface area contributed by atoms with Gasteiger partial charge in [0.15, 0.2) is 5.82 Å². The standard InChI is InChI=1S/C30H25F6N5O/c31-29(32,33)21-10-19(11-22(13-21)30(34,35)36)28(42)41-17-23-7-6-18(27-37-8-3-9-38-27)15-40(23)16-24(41)12-20-14-39-26-5-2-1-4-25(20)26/h1-5,8-11,13-15,23-24,39H,6-7,12,16-17H2. The van der Waals surface area contributed by atoms with E-state index in [-0.39, 0.29) is 18.7 Å². The van der Waals surface area contributed by atoms with Gasteiger partial charge in [0, 0.05) is 66.0 Å². The molecule has 218 valence electrons. The van der Waals surface area contributed by atoms with Crippen LogP contribution in [0.5, 0.6) is 0 Å². The van der Waals surface area contributed by atoms with Crippen LogP contribution in [0, 0.1) is 0 Å². The molecule has 1 amide bonds. The van der Waals surface area contributed by atoms with Gasteiger partial charge < -0.3 is 14.8 Å². The van der Waals surface area contributed by atoms with E-state index >= 15 is 0 Å². The number of carbonyl (C=O) groups excluding carboxylic acids is 1. The number of H-pyrrole nitrogens is 1. The van der Waals surface area contributed by atoms with Crippen molar-refractivity contribution in [2.24, 2.45) is 0 Å². The molecule has 1 fully saturated rings. The predicted molar refractivity (Wildman–Crippen MR) is 143 cm³/mol. The predicted octanol–water partition coefficient (Wildman–Crippen LogP) is 6.57. The molecule has 42 heavy (non-hydrogen) atoms. The van der Waals surface area contributed by atoms with Gasteiger partial charge in [0.2, 0.25) is 0 Å². The van der Waals surface area contributed by atoms with Crippen molar-refractivity contribution in [2.45, 2.75) is 43.7 Å². The van der Waals surface area contributed by atoms with Crippen molar-refractivity contribution < 1.29 is 31.1 Å². The van der Waals surface area contributed by atoms with Crippen molar-refractivity contribution in [3.63, 3.8) is 0 Å². The van der Waals surface area contributed by atoms with Crippen LogP contribution in [0.1, 0.15) is 45.7 Å². The SMILES string of the molecule is O=C(c1cc(C(F)(F)F)cc(C(F)(F)F)c1)N1CC2CCC(c3ncccn3)=CN2CC1Cc1c[nH]c2ccccc12. The number of piperazine rings is 1. The van der Waals surface area contributed by atoms with Crippen LogP contribution < -0.4 is 0 Å². The molecule has 2 unspecified atom stereocenters. The molecule has 0 saturated carbocycles. The lowest BCUT2D eigenvalue weighted by Crippen LogP contribution is -2.59. The van der Waals surface area contributed by atoms with Crippen molar-refractivity contribution in [1.29, 1.82) is 0 Å². The van der Waals surface area contributed by atoms with Crippen LogP contribution in [0.4, 0.5) is 26.3 Å². The molecular weight excluding hydrogens is 560 g/mol. The summed E-state index contributed by atoms with van der Waals surface area (Å²) in [5.41, 5.74) is -0.974. The second-order valence-electron chi connectivity index (χ2n) is 10.6. The molecule has 0 aliphatic carbocycles. The number of amides is 1. The molecule has 12 heteroatoms. The van der Waals surface area contributed by atoms with Crippen molar-refractivity contribution in [3.8, 4) is 0 Å². The summed E-state index contributed by atoms with van der Waals surface area (Å²) in [5, 5.41) is 0.929. The monoisotopic (exact) mass is 585 g/mol. The number of carbonyl (C=O) groups is 1. The highest BCUT2D eigenvalue weighted by atomic mass is 19.4. The number of hydrogen-bond donors (Lipinski definition) is 1. The molecule has 2 aliphatic rings. The number of alkyl halides is 6. The molecule has 2 atom stereocenters. The normalized spacial score (nSPS) is 19.5. The minimum absolute atomic E-state index is 0.0389. The first-order valence-electron chi connectivity index (χ1n) is 13.4. The Kier molecular flexibility index (Phi) is 6.94. The molecule has 6 nitrogen and oxygen atoms in total. The van der Waals surface area contributed by atoms with Crippen LogP contribution in [-0.2, 0) is 18.8 Å². The Hall–Kier alpha value is -4.35. The van der Waals surface area contributed by atoms with Gasteiger partial charge in [-0.2, -0.15) is 26.3 Å². The van der Waals surface area contributed by atoms with Gasteiger partial charge in [-0.3, -0.25) is 4.79 Å². The number of hydrogen-bond acceptors (Lipinski definition) is 4. The van der Waals surface area contributed by atoms with Crippen LogP contribution in [0.25, 0.3) is 16.5 Å². The van der Waals surface area contributed by atoms with Crippen molar-refractivity contribution in [3.05, 3.63) is 101 Å².